The third-order valence-electron chi connectivity index (χ3n) is 3.76. The van der Waals surface area contributed by atoms with Crippen molar-refractivity contribution in [1.82, 2.24) is 9.97 Å². The largest absolute Gasteiger partial charge is 0.340 e. The molecule has 3 aromatic rings. The average Bonchev–Trinajstić information content (AvgIpc) is 2.57. The molecule has 2 aromatic carbocycles. The lowest BCUT2D eigenvalue weighted by atomic mass is 10.2. The normalized spacial score (nSPS) is 10.4. The van der Waals surface area contributed by atoms with Crippen molar-refractivity contribution in [2.75, 3.05) is 16.0 Å². The van der Waals surface area contributed by atoms with Gasteiger partial charge in [-0.25, -0.2) is 4.98 Å². The second kappa shape index (κ2) is 8.05. The maximum Gasteiger partial charge on any atom is 0.229 e. The molecular weight excluding hydrogens is 362 g/mol. The number of hydrogen-bond acceptors (Lipinski definition) is 5. The van der Waals surface area contributed by atoms with Crippen molar-refractivity contribution in [2.45, 2.75) is 20.8 Å². The van der Waals surface area contributed by atoms with Gasteiger partial charge in [-0.3, -0.25) is 4.79 Å². The fourth-order valence-corrected chi connectivity index (χ4v) is 2.73. The number of nitrogens with one attached hydrogen (secondary N) is 3. The van der Waals surface area contributed by atoms with Gasteiger partial charge in [-0.05, 0) is 49.7 Å². The van der Waals surface area contributed by atoms with Gasteiger partial charge < -0.3 is 16.0 Å². The Bertz CT molecular complexity index is 990. The number of benzene rings is 2. The fourth-order valence-electron chi connectivity index (χ4n) is 2.56. The van der Waals surface area contributed by atoms with Gasteiger partial charge in [-0.1, -0.05) is 23.7 Å². The zero-order valence-corrected chi connectivity index (χ0v) is 16.1. The number of rotatable bonds is 5. The van der Waals surface area contributed by atoms with E-state index >= 15 is 0 Å². The summed E-state index contributed by atoms with van der Waals surface area (Å²) in [6.45, 7) is 5.37. The lowest BCUT2D eigenvalue weighted by molar-refractivity contribution is -0.114. The van der Waals surface area contributed by atoms with Crippen molar-refractivity contribution in [1.29, 1.82) is 0 Å². The van der Waals surface area contributed by atoms with Gasteiger partial charge in [0.15, 0.2) is 0 Å². The van der Waals surface area contributed by atoms with Gasteiger partial charge in [-0.2, -0.15) is 4.98 Å². The molecule has 3 N–H and O–H groups in total. The molecule has 0 atom stereocenters. The van der Waals surface area contributed by atoms with Crippen LogP contribution in [-0.4, -0.2) is 15.9 Å². The highest BCUT2D eigenvalue weighted by Crippen LogP contribution is 2.25. The summed E-state index contributed by atoms with van der Waals surface area (Å²) < 4.78 is 0. The second-order valence-corrected chi connectivity index (χ2v) is 6.63. The molecule has 1 heterocycles. The summed E-state index contributed by atoms with van der Waals surface area (Å²) in [4.78, 5) is 20.2. The molecule has 0 radical (unpaired) electrons. The van der Waals surface area contributed by atoms with E-state index in [-0.39, 0.29) is 5.91 Å². The maximum atomic E-state index is 11.2. The molecule has 3 rings (SSSR count). The van der Waals surface area contributed by atoms with E-state index in [1.54, 1.807) is 0 Å². The lowest BCUT2D eigenvalue weighted by Gasteiger charge is -2.12. The van der Waals surface area contributed by atoms with Crippen molar-refractivity contribution in [3.8, 4) is 0 Å². The summed E-state index contributed by atoms with van der Waals surface area (Å²) >= 11 is 6.09. The van der Waals surface area contributed by atoms with Gasteiger partial charge in [0.05, 0.1) is 0 Å². The zero-order chi connectivity index (χ0) is 19.4. The van der Waals surface area contributed by atoms with Crippen LogP contribution < -0.4 is 16.0 Å². The summed E-state index contributed by atoms with van der Waals surface area (Å²) in [5.74, 6) is 0.993. The molecule has 0 aliphatic rings. The predicted octanol–water partition coefficient (Wildman–Crippen LogP) is 5.19. The van der Waals surface area contributed by atoms with Crippen molar-refractivity contribution in [3.05, 3.63) is 64.8 Å². The number of aryl methyl sites for hydroxylation is 2. The highest BCUT2D eigenvalue weighted by Gasteiger charge is 2.06. The van der Waals surface area contributed by atoms with Crippen LogP contribution in [0.3, 0.4) is 0 Å². The molecule has 0 unspecified atom stereocenters. The first kappa shape index (κ1) is 18.7. The standard InChI is InChI=1S/C20H20ClN5O/c1-12-7-8-15(21)10-18(12)25-19-9-13(2)22-20(26-19)24-17-6-4-5-16(11-17)23-14(3)27/h4-11H,1-3H3,(H,23,27)(H2,22,24,25,26). The molecule has 7 heteroatoms. The smallest absolute Gasteiger partial charge is 0.229 e. The van der Waals surface area contributed by atoms with Crippen LogP contribution in [0.5, 0.6) is 0 Å². The SMILES string of the molecule is CC(=O)Nc1cccc(Nc2nc(C)cc(Nc3cc(Cl)ccc3C)n2)c1. The molecule has 1 amide bonds. The predicted molar refractivity (Wildman–Crippen MR) is 110 cm³/mol. The monoisotopic (exact) mass is 381 g/mol. The quantitative estimate of drug-likeness (QED) is 0.566. The Morgan fingerprint density at radius 3 is 2.52 bits per heavy atom. The third kappa shape index (κ3) is 5.18. The molecule has 138 valence electrons. The van der Waals surface area contributed by atoms with Gasteiger partial charge in [0.1, 0.15) is 5.82 Å². The summed E-state index contributed by atoms with van der Waals surface area (Å²) in [7, 11) is 0. The Kier molecular flexibility index (Phi) is 5.57. The third-order valence-corrected chi connectivity index (χ3v) is 3.99. The summed E-state index contributed by atoms with van der Waals surface area (Å²) in [5.41, 5.74) is 4.24. The number of anilines is 5. The zero-order valence-electron chi connectivity index (χ0n) is 15.3. The average molecular weight is 382 g/mol. The molecule has 0 spiro atoms. The van der Waals surface area contributed by atoms with E-state index in [1.807, 2.05) is 62.4 Å². The molecular formula is C20H20ClN5O. The number of carbonyl (C=O) groups excluding carboxylic acids is 1. The Balaban J connectivity index is 1.83. The second-order valence-electron chi connectivity index (χ2n) is 6.19. The molecule has 1 aromatic heterocycles. The first-order chi connectivity index (χ1) is 12.9. The van der Waals surface area contributed by atoms with E-state index < -0.39 is 0 Å². The molecule has 0 aliphatic carbocycles. The Labute approximate surface area is 163 Å². The lowest BCUT2D eigenvalue weighted by Crippen LogP contribution is -2.06. The van der Waals surface area contributed by atoms with Crippen molar-refractivity contribution in [3.63, 3.8) is 0 Å². The van der Waals surface area contributed by atoms with E-state index in [9.17, 15) is 4.79 Å². The molecule has 0 saturated carbocycles. The van der Waals surface area contributed by atoms with Crippen molar-refractivity contribution < 1.29 is 4.79 Å². The van der Waals surface area contributed by atoms with Crippen LogP contribution in [0.15, 0.2) is 48.5 Å². The fraction of sp³-hybridized carbons (Fsp3) is 0.150. The van der Waals surface area contributed by atoms with E-state index in [4.69, 9.17) is 11.6 Å². The van der Waals surface area contributed by atoms with E-state index in [1.165, 1.54) is 6.92 Å². The molecule has 6 nitrogen and oxygen atoms in total. The molecule has 0 fully saturated rings. The summed E-state index contributed by atoms with van der Waals surface area (Å²) in [6.07, 6.45) is 0. The number of halogens is 1. The van der Waals surface area contributed by atoms with Crippen LogP contribution in [0.25, 0.3) is 0 Å². The van der Waals surface area contributed by atoms with Crippen LogP contribution in [-0.2, 0) is 4.79 Å². The van der Waals surface area contributed by atoms with Crippen LogP contribution in [0, 0.1) is 13.8 Å². The Morgan fingerprint density at radius 2 is 1.74 bits per heavy atom. The minimum Gasteiger partial charge on any atom is -0.340 e. The van der Waals surface area contributed by atoms with Crippen LogP contribution in [0.1, 0.15) is 18.2 Å². The van der Waals surface area contributed by atoms with Crippen molar-refractivity contribution >= 4 is 46.3 Å². The van der Waals surface area contributed by atoms with Gasteiger partial charge in [0.2, 0.25) is 11.9 Å². The summed E-state index contributed by atoms with van der Waals surface area (Å²) in [5, 5.41) is 9.86. The van der Waals surface area contributed by atoms with E-state index in [0.29, 0.717) is 22.5 Å². The number of carbonyl (C=O) groups is 1. The first-order valence-electron chi connectivity index (χ1n) is 8.42. The number of nitrogens with zero attached hydrogens (tertiary/aromatic N) is 2. The van der Waals surface area contributed by atoms with Crippen LogP contribution in [0.4, 0.5) is 28.8 Å². The Hall–Kier alpha value is -3.12. The number of hydrogen-bond donors (Lipinski definition) is 3. The number of amides is 1. The molecule has 27 heavy (non-hydrogen) atoms. The maximum absolute atomic E-state index is 11.2. The van der Waals surface area contributed by atoms with Gasteiger partial charge in [-0.15, -0.1) is 0 Å². The minimum absolute atomic E-state index is 0.123. The topological polar surface area (TPSA) is 78.9 Å². The van der Waals surface area contributed by atoms with Gasteiger partial charge >= 0.3 is 0 Å². The number of aromatic nitrogens is 2. The van der Waals surface area contributed by atoms with Crippen molar-refractivity contribution in [2.24, 2.45) is 0 Å². The molecule has 0 saturated heterocycles. The van der Waals surface area contributed by atoms with Gasteiger partial charge in [0, 0.05) is 40.8 Å². The minimum atomic E-state index is -0.123. The van der Waals surface area contributed by atoms with E-state index in [2.05, 4.69) is 25.9 Å². The highest BCUT2D eigenvalue weighted by atomic mass is 35.5. The highest BCUT2D eigenvalue weighted by molar-refractivity contribution is 6.30. The van der Waals surface area contributed by atoms with E-state index in [0.717, 1.165) is 22.6 Å². The first-order valence-corrected chi connectivity index (χ1v) is 8.80. The van der Waals surface area contributed by atoms with Crippen LogP contribution in [0.2, 0.25) is 5.02 Å². The summed E-state index contributed by atoms with van der Waals surface area (Å²) in [6, 6.07) is 14.9. The van der Waals surface area contributed by atoms with Gasteiger partial charge in [0.25, 0.3) is 0 Å². The van der Waals surface area contributed by atoms with Crippen LogP contribution >= 0.6 is 11.6 Å². The molecule has 0 bridgehead atoms. The molecule has 0 aliphatic heterocycles. The Morgan fingerprint density at radius 1 is 0.963 bits per heavy atom.